The van der Waals surface area contributed by atoms with Crippen LogP contribution < -0.4 is 5.32 Å². The van der Waals surface area contributed by atoms with Gasteiger partial charge in [-0.15, -0.1) is 0 Å². The van der Waals surface area contributed by atoms with Gasteiger partial charge in [0, 0.05) is 36.7 Å². The number of hydrogen-bond acceptors (Lipinski definition) is 4. The predicted octanol–water partition coefficient (Wildman–Crippen LogP) is 5.92. The fourth-order valence-electron chi connectivity index (χ4n) is 5.70. The third-order valence-corrected chi connectivity index (χ3v) is 7.63. The number of hydrogen-bond donors (Lipinski definition) is 1. The van der Waals surface area contributed by atoms with Gasteiger partial charge in [0.05, 0.1) is 28.7 Å². The third-order valence-electron chi connectivity index (χ3n) is 7.40. The SMILES string of the molecule is CC(=O)Nc1ccc(Cl)cc1C(=O)N1CCCC[C@H]1c1cc2nc(C3CC[C@H](C)C3)c(C)cn2n1. The van der Waals surface area contributed by atoms with Gasteiger partial charge in [-0.05, 0) is 68.7 Å². The Labute approximate surface area is 210 Å². The van der Waals surface area contributed by atoms with Crippen molar-refractivity contribution in [1.82, 2.24) is 19.5 Å². The summed E-state index contributed by atoms with van der Waals surface area (Å²) < 4.78 is 1.85. The molecule has 2 amide bonds. The number of benzene rings is 1. The van der Waals surface area contributed by atoms with E-state index in [1.165, 1.54) is 37.4 Å². The second-order valence-electron chi connectivity index (χ2n) is 10.2. The first kappa shape index (κ1) is 23.8. The molecular formula is C27H32ClN5O2. The number of aryl methyl sites for hydroxylation is 1. The fraction of sp³-hybridized carbons (Fsp3) is 0.481. The number of carbonyl (C=O) groups is 2. The van der Waals surface area contributed by atoms with E-state index < -0.39 is 0 Å². The van der Waals surface area contributed by atoms with Crippen LogP contribution in [-0.4, -0.2) is 37.9 Å². The maximum Gasteiger partial charge on any atom is 0.256 e. The van der Waals surface area contributed by atoms with Crippen molar-refractivity contribution in [2.24, 2.45) is 5.92 Å². The van der Waals surface area contributed by atoms with Crippen LogP contribution in [0.1, 0.15) is 91.6 Å². The van der Waals surface area contributed by atoms with E-state index in [1.807, 2.05) is 15.5 Å². The minimum atomic E-state index is -0.231. The van der Waals surface area contributed by atoms with Crippen molar-refractivity contribution >= 4 is 34.7 Å². The highest BCUT2D eigenvalue weighted by Gasteiger charge is 2.32. The van der Waals surface area contributed by atoms with Crippen LogP contribution in [0.3, 0.4) is 0 Å². The van der Waals surface area contributed by atoms with Crippen LogP contribution >= 0.6 is 11.6 Å². The van der Waals surface area contributed by atoms with E-state index in [4.69, 9.17) is 21.7 Å². The summed E-state index contributed by atoms with van der Waals surface area (Å²) >= 11 is 6.23. The number of aromatic nitrogens is 3. The molecule has 1 N–H and O–H groups in total. The summed E-state index contributed by atoms with van der Waals surface area (Å²) in [4.78, 5) is 32.3. The average Bonchev–Trinajstić information content (AvgIpc) is 3.44. The number of carbonyl (C=O) groups excluding carboxylic acids is 2. The summed E-state index contributed by atoms with van der Waals surface area (Å²) in [6.45, 7) is 6.49. The second kappa shape index (κ2) is 9.61. The van der Waals surface area contributed by atoms with Gasteiger partial charge in [-0.3, -0.25) is 9.59 Å². The number of amides is 2. The molecule has 2 aliphatic rings. The van der Waals surface area contributed by atoms with Crippen LogP contribution in [0, 0.1) is 12.8 Å². The molecule has 0 radical (unpaired) electrons. The van der Waals surface area contributed by atoms with Crippen molar-refractivity contribution in [1.29, 1.82) is 0 Å². The van der Waals surface area contributed by atoms with Crippen molar-refractivity contribution < 1.29 is 9.59 Å². The Hall–Kier alpha value is -2.93. The maximum absolute atomic E-state index is 13.7. The van der Waals surface area contributed by atoms with Crippen LogP contribution in [0.15, 0.2) is 30.5 Å². The largest absolute Gasteiger partial charge is 0.330 e. The summed E-state index contributed by atoms with van der Waals surface area (Å²) in [6, 6.07) is 6.86. The average molecular weight is 494 g/mol. The van der Waals surface area contributed by atoms with Gasteiger partial charge in [-0.2, -0.15) is 5.10 Å². The van der Waals surface area contributed by atoms with Crippen molar-refractivity contribution in [2.75, 3.05) is 11.9 Å². The molecule has 35 heavy (non-hydrogen) atoms. The van der Waals surface area contributed by atoms with Crippen molar-refractivity contribution in [3.63, 3.8) is 0 Å². The molecule has 0 bridgehead atoms. The molecule has 1 aliphatic heterocycles. The first-order valence-electron chi connectivity index (χ1n) is 12.5. The van der Waals surface area contributed by atoms with Crippen molar-refractivity contribution in [2.45, 2.75) is 71.3 Å². The number of halogens is 1. The fourth-order valence-corrected chi connectivity index (χ4v) is 5.88. The Balaban J connectivity index is 1.48. The lowest BCUT2D eigenvalue weighted by molar-refractivity contribution is -0.114. The van der Waals surface area contributed by atoms with Gasteiger partial charge in [-0.1, -0.05) is 24.9 Å². The molecule has 0 spiro atoms. The third kappa shape index (κ3) is 4.79. The monoisotopic (exact) mass is 493 g/mol. The summed E-state index contributed by atoms with van der Waals surface area (Å²) in [5.41, 5.74) is 4.91. The smallest absolute Gasteiger partial charge is 0.256 e. The molecule has 5 rings (SSSR count). The zero-order chi connectivity index (χ0) is 24.7. The Morgan fingerprint density at radius 2 is 1.97 bits per heavy atom. The van der Waals surface area contributed by atoms with E-state index in [1.54, 1.807) is 18.2 Å². The Kier molecular flexibility index (Phi) is 6.53. The number of rotatable bonds is 4. The van der Waals surface area contributed by atoms with Gasteiger partial charge >= 0.3 is 0 Å². The Morgan fingerprint density at radius 3 is 2.71 bits per heavy atom. The summed E-state index contributed by atoms with van der Waals surface area (Å²) in [5.74, 6) is 0.873. The highest BCUT2D eigenvalue weighted by Crippen LogP contribution is 2.39. The molecule has 2 aromatic heterocycles. The lowest BCUT2D eigenvalue weighted by atomic mass is 9.97. The molecular weight excluding hydrogens is 462 g/mol. The van der Waals surface area contributed by atoms with Crippen LogP contribution in [0.2, 0.25) is 5.02 Å². The first-order chi connectivity index (χ1) is 16.8. The van der Waals surface area contributed by atoms with Crippen LogP contribution in [0.4, 0.5) is 5.69 Å². The first-order valence-corrected chi connectivity index (χ1v) is 12.9. The molecule has 184 valence electrons. The number of likely N-dealkylation sites (tertiary alicyclic amines) is 1. The van der Waals surface area contributed by atoms with Crippen molar-refractivity contribution in [3.05, 3.63) is 58.0 Å². The van der Waals surface area contributed by atoms with E-state index in [0.717, 1.165) is 36.5 Å². The van der Waals surface area contributed by atoms with Gasteiger partial charge in [0.25, 0.3) is 5.91 Å². The number of nitrogens with zero attached hydrogens (tertiary/aromatic N) is 4. The zero-order valence-electron chi connectivity index (χ0n) is 20.6. The molecule has 8 heteroatoms. The standard InChI is InChI=1S/C27H32ClN5O2/c1-16-7-8-19(12-16)26-17(2)15-33-25(30-26)14-23(31-33)24-6-4-5-11-32(24)27(35)21-13-20(28)9-10-22(21)29-18(3)34/h9-10,13-16,19,24H,4-8,11-12H2,1-3H3,(H,29,34)/t16-,19?,24-/m0/s1. The summed E-state index contributed by atoms with van der Waals surface area (Å²) in [5, 5.41) is 8.08. The quantitative estimate of drug-likeness (QED) is 0.489. The second-order valence-corrected chi connectivity index (χ2v) is 10.6. The summed E-state index contributed by atoms with van der Waals surface area (Å²) in [6.07, 6.45) is 8.48. The van der Waals surface area contributed by atoms with E-state index in [-0.39, 0.29) is 17.9 Å². The van der Waals surface area contributed by atoms with Gasteiger partial charge in [0.1, 0.15) is 0 Å². The molecule has 1 saturated carbocycles. The topological polar surface area (TPSA) is 79.6 Å². The highest BCUT2D eigenvalue weighted by molar-refractivity contribution is 6.31. The van der Waals surface area contributed by atoms with Crippen LogP contribution in [0.5, 0.6) is 0 Å². The van der Waals surface area contributed by atoms with E-state index in [9.17, 15) is 9.59 Å². The van der Waals surface area contributed by atoms with Gasteiger partial charge < -0.3 is 10.2 Å². The van der Waals surface area contributed by atoms with Gasteiger partial charge in [-0.25, -0.2) is 9.50 Å². The minimum absolute atomic E-state index is 0.150. The Bertz CT molecular complexity index is 1290. The normalized spacial score (nSPS) is 22.5. The maximum atomic E-state index is 13.7. The highest BCUT2D eigenvalue weighted by atomic mass is 35.5. The molecule has 2 fully saturated rings. The minimum Gasteiger partial charge on any atom is -0.330 e. The predicted molar refractivity (Wildman–Crippen MR) is 137 cm³/mol. The number of anilines is 1. The number of nitrogens with one attached hydrogen (secondary N) is 1. The molecule has 1 aromatic carbocycles. The molecule has 3 atom stereocenters. The number of fused-ring (bicyclic) bond motifs is 1. The molecule has 7 nitrogen and oxygen atoms in total. The Morgan fingerprint density at radius 1 is 1.14 bits per heavy atom. The number of piperidine rings is 1. The van der Waals surface area contributed by atoms with Crippen LogP contribution in [-0.2, 0) is 4.79 Å². The molecule has 3 heterocycles. The van der Waals surface area contributed by atoms with E-state index in [0.29, 0.717) is 28.7 Å². The van der Waals surface area contributed by atoms with Gasteiger partial charge in [0.2, 0.25) is 5.91 Å². The van der Waals surface area contributed by atoms with Crippen molar-refractivity contribution in [3.8, 4) is 0 Å². The van der Waals surface area contributed by atoms with E-state index in [2.05, 4.69) is 25.4 Å². The zero-order valence-corrected chi connectivity index (χ0v) is 21.3. The summed E-state index contributed by atoms with van der Waals surface area (Å²) in [7, 11) is 0. The van der Waals surface area contributed by atoms with Gasteiger partial charge in [0.15, 0.2) is 5.65 Å². The lowest BCUT2D eigenvalue weighted by Gasteiger charge is -2.35. The van der Waals surface area contributed by atoms with Crippen LogP contribution in [0.25, 0.3) is 5.65 Å². The molecule has 1 unspecified atom stereocenters. The molecule has 3 aromatic rings. The van der Waals surface area contributed by atoms with E-state index >= 15 is 0 Å². The molecule has 1 aliphatic carbocycles. The molecule has 1 saturated heterocycles. The lowest BCUT2D eigenvalue weighted by Crippen LogP contribution is -2.39.